The normalized spacial score (nSPS) is 10.0. The van der Waals surface area contributed by atoms with Gasteiger partial charge in [0.15, 0.2) is 0 Å². The first kappa shape index (κ1) is 15.1. The van der Waals surface area contributed by atoms with Gasteiger partial charge in [-0.1, -0.05) is 35.4 Å². The summed E-state index contributed by atoms with van der Waals surface area (Å²) < 4.78 is 0. The molecule has 0 bridgehead atoms. The molecule has 2 N–H and O–H groups in total. The highest BCUT2D eigenvalue weighted by Crippen LogP contribution is 2.17. The number of carbonyl (C=O) groups is 2. The lowest BCUT2D eigenvalue weighted by atomic mass is 10.1. The Labute approximate surface area is 128 Å². The van der Waals surface area contributed by atoms with Gasteiger partial charge in [-0.3, -0.25) is 9.59 Å². The number of amides is 2. The number of carbonyl (C=O) groups excluding carboxylic acids is 2. The maximum Gasteiger partial charge on any atom is 0.314 e. The second-order valence-electron chi connectivity index (χ2n) is 4.74. The minimum Gasteiger partial charge on any atom is -0.318 e. The first-order chi connectivity index (χ1) is 9.95. The molecule has 21 heavy (non-hydrogen) atoms. The molecule has 0 aliphatic rings. The van der Waals surface area contributed by atoms with Crippen molar-refractivity contribution < 1.29 is 9.59 Å². The molecule has 0 aliphatic heterocycles. The molecule has 4 nitrogen and oxygen atoms in total. The number of hydrogen-bond donors (Lipinski definition) is 2. The maximum atomic E-state index is 11.9. The summed E-state index contributed by atoms with van der Waals surface area (Å²) in [6.07, 6.45) is 0. The van der Waals surface area contributed by atoms with Crippen LogP contribution in [0.15, 0.2) is 42.5 Å². The zero-order valence-electron chi connectivity index (χ0n) is 11.7. The van der Waals surface area contributed by atoms with Crippen molar-refractivity contribution in [1.29, 1.82) is 0 Å². The third-order valence-corrected chi connectivity index (χ3v) is 3.15. The smallest absolute Gasteiger partial charge is 0.314 e. The molecule has 5 heteroatoms. The average molecular weight is 303 g/mol. The topological polar surface area (TPSA) is 58.2 Å². The maximum absolute atomic E-state index is 11.9. The standard InChI is InChI=1S/C16H15ClN2O2/c1-10-6-7-14(11(2)8-10)19-16(21)15(20)18-13-5-3-4-12(17)9-13/h3-9H,1-2H3,(H,18,20)(H,19,21). The first-order valence-electron chi connectivity index (χ1n) is 6.41. The molecule has 108 valence electrons. The van der Waals surface area contributed by atoms with Gasteiger partial charge in [-0.25, -0.2) is 0 Å². The van der Waals surface area contributed by atoms with Gasteiger partial charge in [-0.05, 0) is 43.7 Å². The molecule has 2 rings (SSSR count). The Balaban J connectivity index is 2.04. The Morgan fingerprint density at radius 2 is 1.67 bits per heavy atom. The molecule has 0 spiro atoms. The van der Waals surface area contributed by atoms with E-state index in [1.54, 1.807) is 30.3 Å². The van der Waals surface area contributed by atoms with Crippen LogP contribution in [0.4, 0.5) is 11.4 Å². The Morgan fingerprint density at radius 3 is 2.33 bits per heavy atom. The van der Waals surface area contributed by atoms with Crippen LogP contribution >= 0.6 is 11.6 Å². The summed E-state index contributed by atoms with van der Waals surface area (Å²) in [5.41, 5.74) is 3.09. The number of anilines is 2. The lowest BCUT2D eigenvalue weighted by Crippen LogP contribution is -2.29. The van der Waals surface area contributed by atoms with Crippen molar-refractivity contribution in [2.75, 3.05) is 10.6 Å². The SMILES string of the molecule is Cc1ccc(NC(=O)C(=O)Nc2cccc(Cl)c2)c(C)c1. The lowest BCUT2D eigenvalue weighted by molar-refractivity contribution is -0.133. The van der Waals surface area contributed by atoms with Crippen LogP contribution in [0.3, 0.4) is 0 Å². The zero-order chi connectivity index (χ0) is 15.4. The molecule has 2 aromatic rings. The van der Waals surface area contributed by atoms with Crippen LogP contribution in [0.1, 0.15) is 11.1 Å². The van der Waals surface area contributed by atoms with E-state index in [0.29, 0.717) is 16.4 Å². The quantitative estimate of drug-likeness (QED) is 0.834. The zero-order valence-corrected chi connectivity index (χ0v) is 12.5. The number of nitrogens with one attached hydrogen (secondary N) is 2. The van der Waals surface area contributed by atoms with Gasteiger partial charge in [0.05, 0.1) is 0 Å². The summed E-state index contributed by atoms with van der Waals surface area (Å²) >= 11 is 5.82. The van der Waals surface area contributed by atoms with E-state index in [1.165, 1.54) is 0 Å². The molecule has 0 unspecified atom stereocenters. The number of halogens is 1. The number of aryl methyl sites for hydroxylation is 2. The summed E-state index contributed by atoms with van der Waals surface area (Å²) in [5, 5.41) is 5.57. The fourth-order valence-electron chi connectivity index (χ4n) is 1.89. The molecule has 0 atom stereocenters. The second-order valence-corrected chi connectivity index (χ2v) is 5.17. The highest BCUT2D eigenvalue weighted by atomic mass is 35.5. The predicted octanol–water partition coefficient (Wildman–Crippen LogP) is 3.53. The largest absolute Gasteiger partial charge is 0.318 e. The first-order valence-corrected chi connectivity index (χ1v) is 6.78. The van der Waals surface area contributed by atoms with Crippen LogP contribution < -0.4 is 10.6 Å². The van der Waals surface area contributed by atoms with Crippen LogP contribution in [-0.4, -0.2) is 11.8 Å². The molecule has 2 aromatic carbocycles. The van der Waals surface area contributed by atoms with Crippen molar-refractivity contribution >= 4 is 34.8 Å². The van der Waals surface area contributed by atoms with Crippen molar-refractivity contribution in [1.82, 2.24) is 0 Å². The Kier molecular flexibility index (Phi) is 4.60. The number of hydrogen-bond acceptors (Lipinski definition) is 2. The van der Waals surface area contributed by atoms with E-state index in [1.807, 2.05) is 26.0 Å². The van der Waals surface area contributed by atoms with Gasteiger partial charge >= 0.3 is 11.8 Å². The Morgan fingerprint density at radius 1 is 0.952 bits per heavy atom. The third-order valence-electron chi connectivity index (χ3n) is 2.92. The van der Waals surface area contributed by atoms with Crippen molar-refractivity contribution in [3.63, 3.8) is 0 Å². The Hall–Kier alpha value is -2.33. The van der Waals surface area contributed by atoms with Crippen LogP contribution in [-0.2, 0) is 9.59 Å². The fraction of sp³-hybridized carbons (Fsp3) is 0.125. The summed E-state index contributed by atoms with van der Waals surface area (Å²) in [4.78, 5) is 23.7. The van der Waals surface area contributed by atoms with Gasteiger partial charge in [-0.15, -0.1) is 0 Å². The molecule has 0 radical (unpaired) electrons. The van der Waals surface area contributed by atoms with Crippen molar-refractivity contribution in [2.45, 2.75) is 13.8 Å². The van der Waals surface area contributed by atoms with Crippen LogP contribution in [0.5, 0.6) is 0 Å². The molecule has 0 heterocycles. The van der Waals surface area contributed by atoms with Gasteiger partial charge in [0, 0.05) is 16.4 Å². The summed E-state index contributed by atoms with van der Waals surface area (Å²) in [5.74, 6) is -1.46. The van der Waals surface area contributed by atoms with Crippen molar-refractivity contribution in [3.05, 3.63) is 58.6 Å². The highest BCUT2D eigenvalue weighted by molar-refractivity contribution is 6.43. The van der Waals surface area contributed by atoms with Gasteiger partial charge < -0.3 is 10.6 Å². The van der Waals surface area contributed by atoms with E-state index in [0.717, 1.165) is 11.1 Å². The monoisotopic (exact) mass is 302 g/mol. The number of rotatable bonds is 2. The van der Waals surface area contributed by atoms with E-state index in [-0.39, 0.29) is 0 Å². The predicted molar refractivity (Wildman–Crippen MR) is 84.6 cm³/mol. The lowest BCUT2D eigenvalue weighted by Gasteiger charge is -2.09. The molecule has 2 amide bonds. The Bertz CT molecular complexity index is 698. The molecule has 0 fully saturated rings. The molecule has 0 saturated heterocycles. The number of benzene rings is 2. The van der Waals surface area contributed by atoms with Gasteiger partial charge in [0.2, 0.25) is 0 Å². The summed E-state index contributed by atoms with van der Waals surface area (Å²) in [7, 11) is 0. The van der Waals surface area contributed by atoms with Crippen LogP contribution in [0.2, 0.25) is 5.02 Å². The van der Waals surface area contributed by atoms with Gasteiger partial charge in [0.25, 0.3) is 0 Å². The van der Waals surface area contributed by atoms with Crippen molar-refractivity contribution in [2.24, 2.45) is 0 Å². The molecule has 0 aromatic heterocycles. The fourth-order valence-corrected chi connectivity index (χ4v) is 2.08. The summed E-state index contributed by atoms with van der Waals surface area (Å²) in [6.45, 7) is 3.84. The summed E-state index contributed by atoms with van der Waals surface area (Å²) in [6, 6.07) is 12.2. The molecule has 0 saturated carbocycles. The molecular formula is C16H15ClN2O2. The van der Waals surface area contributed by atoms with Gasteiger partial charge in [-0.2, -0.15) is 0 Å². The average Bonchev–Trinajstić information content (AvgIpc) is 2.41. The van der Waals surface area contributed by atoms with E-state index < -0.39 is 11.8 Å². The van der Waals surface area contributed by atoms with Crippen LogP contribution in [0.25, 0.3) is 0 Å². The van der Waals surface area contributed by atoms with Gasteiger partial charge in [0.1, 0.15) is 0 Å². The molecule has 0 aliphatic carbocycles. The highest BCUT2D eigenvalue weighted by Gasteiger charge is 2.15. The van der Waals surface area contributed by atoms with Crippen molar-refractivity contribution in [3.8, 4) is 0 Å². The van der Waals surface area contributed by atoms with E-state index >= 15 is 0 Å². The van der Waals surface area contributed by atoms with E-state index in [4.69, 9.17) is 11.6 Å². The van der Waals surface area contributed by atoms with Crippen LogP contribution in [0, 0.1) is 13.8 Å². The minimum atomic E-state index is -0.739. The van der Waals surface area contributed by atoms with E-state index in [9.17, 15) is 9.59 Å². The second kappa shape index (κ2) is 6.41. The minimum absolute atomic E-state index is 0.475. The molecular weight excluding hydrogens is 288 g/mol. The third kappa shape index (κ3) is 4.07. The van der Waals surface area contributed by atoms with E-state index in [2.05, 4.69) is 10.6 Å².